The molecule has 2 heterocycles. The molecule has 0 unspecified atom stereocenters. The van der Waals surface area contributed by atoms with E-state index in [1.165, 1.54) is 18.3 Å². The summed E-state index contributed by atoms with van der Waals surface area (Å²) in [5.41, 5.74) is 2.42. The number of benzene rings is 2. The van der Waals surface area contributed by atoms with Crippen molar-refractivity contribution in [1.82, 2.24) is 5.32 Å². The van der Waals surface area contributed by atoms with Crippen molar-refractivity contribution >= 4 is 40.7 Å². The molecule has 7 nitrogen and oxygen atoms in total. The van der Waals surface area contributed by atoms with Crippen molar-refractivity contribution < 1.29 is 23.5 Å². The summed E-state index contributed by atoms with van der Waals surface area (Å²) in [6, 6.07) is 8.92. The van der Waals surface area contributed by atoms with Crippen molar-refractivity contribution in [3.63, 3.8) is 0 Å². The summed E-state index contributed by atoms with van der Waals surface area (Å²) in [5.74, 6) is -1.34. The fourth-order valence-electron chi connectivity index (χ4n) is 3.42. The molecule has 2 aromatic rings. The standard InChI is InChI=1S/C21H17ClFN3O4/c22-8-12-5-18-17(25-20(28)10-30-18)7-16(12)26-21(29)15-9-24-19(27)6-14(15)11-1-3-13(23)4-2-11/h1-5,7,9,14H,6,8,10H2,(H,24,27)(H,25,28)(H,26,29)/t14-/m0/s1. The topological polar surface area (TPSA) is 96.5 Å². The molecule has 4 rings (SSSR count). The summed E-state index contributed by atoms with van der Waals surface area (Å²) < 4.78 is 18.7. The molecule has 0 bridgehead atoms. The van der Waals surface area contributed by atoms with Gasteiger partial charge in [-0.1, -0.05) is 12.1 Å². The van der Waals surface area contributed by atoms with E-state index >= 15 is 0 Å². The van der Waals surface area contributed by atoms with Crippen LogP contribution in [0.15, 0.2) is 48.2 Å². The van der Waals surface area contributed by atoms with Crippen molar-refractivity contribution in [2.24, 2.45) is 0 Å². The van der Waals surface area contributed by atoms with Crippen LogP contribution in [0.25, 0.3) is 0 Å². The predicted molar refractivity (Wildman–Crippen MR) is 109 cm³/mol. The molecule has 3 amide bonds. The zero-order valence-corrected chi connectivity index (χ0v) is 16.4. The van der Waals surface area contributed by atoms with Crippen molar-refractivity contribution in [2.45, 2.75) is 18.2 Å². The summed E-state index contributed by atoms with van der Waals surface area (Å²) in [4.78, 5) is 36.5. The van der Waals surface area contributed by atoms with Gasteiger partial charge in [-0.15, -0.1) is 11.6 Å². The highest BCUT2D eigenvalue weighted by Crippen LogP contribution is 2.36. The summed E-state index contributed by atoms with van der Waals surface area (Å²) in [6.07, 6.45) is 1.42. The van der Waals surface area contributed by atoms with Crippen LogP contribution >= 0.6 is 11.6 Å². The first-order chi connectivity index (χ1) is 14.4. The second-order valence-corrected chi connectivity index (χ2v) is 7.17. The van der Waals surface area contributed by atoms with Gasteiger partial charge in [0.25, 0.3) is 11.8 Å². The van der Waals surface area contributed by atoms with Crippen LogP contribution in [-0.2, 0) is 20.3 Å². The minimum absolute atomic E-state index is 0.0569. The fourth-order valence-corrected chi connectivity index (χ4v) is 3.64. The molecule has 0 aromatic heterocycles. The number of ether oxygens (including phenoxy) is 1. The van der Waals surface area contributed by atoms with Crippen molar-refractivity contribution in [1.29, 1.82) is 0 Å². The third-order valence-corrected chi connectivity index (χ3v) is 5.21. The summed E-state index contributed by atoms with van der Waals surface area (Å²) in [7, 11) is 0. The molecule has 0 saturated heterocycles. The van der Waals surface area contributed by atoms with Crippen LogP contribution in [0.5, 0.6) is 5.75 Å². The predicted octanol–water partition coefficient (Wildman–Crippen LogP) is 3.02. The molecule has 154 valence electrons. The van der Waals surface area contributed by atoms with E-state index in [1.807, 2.05) is 0 Å². The van der Waals surface area contributed by atoms with E-state index in [-0.39, 0.29) is 30.7 Å². The van der Waals surface area contributed by atoms with Gasteiger partial charge < -0.3 is 20.7 Å². The number of fused-ring (bicyclic) bond motifs is 1. The second kappa shape index (κ2) is 8.16. The highest BCUT2D eigenvalue weighted by molar-refractivity contribution is 6.18. The van der Waals surface area contributed by atoms with Crippen LogP contribution < -0.4 is 20.7 Å². The molecule has 0 aliphatic carbocycles. The van der Waals surface area contributed by atoms with Crippen LogP contribution in [0.3, 0.4) is 0 Å². The lowest BCUT2D eigenvalue weighted by atomic mass is 9.86. The van der Waals surface area contributed by atoms with Gasteiger partial charge in [0.1, 0.15) is 11.6 Å². The molecule has 0 spiro atoms. The van der Waals surface area contributed by atoms with E-state index in [4.69, 9.17) is 16.3 Å². The first-order valence-corrected chi connectivity index (χ1v) is 9.70. The molecular weight excluding hydrogens is 413 g/mol. The number of halogens is 2. The maximum absolute atomic E-state index is 13.3. The zero-order valence-electron chi connectivity index (χ0n) is 15.6. The Kier molecular flexibility index (Phi) is 5.41. The van der Waals surface area contributed by atoms with E-state index in [2.05, 4.69) is 16.0 Å². The third kappa shape index (κ3) is 3.99. The van der Waals surface area contributed by atoms with Crippen LogP contribution in [0.4, 0.5) is 15.8 Å². The van der Waals surface area contributed by atoms with Crippen molar-refractivity contribution in [2.75, 3.05) is 17.2 Å². The number of amides is 3. The Morgan fingerprint density at radius 2 is 1.97 bits per heavy atom. The fraction of sp³-hybridized carbons (Fsp3) is 0.190. The third-order valence-electron chi connectivity index (χ3n) is 4.92. The molecule has 1 atom stereocenters. The van der Waals surface area contributed by atoms with Gasteiger partial charge in [-0.25, -0.2) is 4.39 Å². The van der Waals surface area contributed by atoms with Gasteiger partial charge in [0.15, 0.2) is 6.61 Å². The maximum Gasteiger partial charge on any atom is 0.262 e. The summed E-state index contributed by atoms with van der Waals surface area (Å²) in [5, 5.41) is 8.04. The first kappa shape index (κ1) is 19.9. The van der Waals surface area contributed by atoms with E-state index in [9.17, 15) is 18.8 Å². The largest absolute Gasteiger partial charge is 0.482 e. The monoisotopic (exact) mass is 429 g/mol. The summed E-state index contributed by atoms with van der Waals surface area (Å²) in [6.45, 7) is -0.0909. The average Bonchev–Trinajstić information content (AvgIpc) is 2.73. The quantitative estimate of drug-likeness (QED) is 0.651. The van der Waals surface area contributed by atoms with Gasteiger partial charge in [-0.05, 0) is 35.4 Å². The molecule has 2 aliphatic heterocycles. The minimum atomic E-state index is -0.528. The minimum Gasteiger partial charge on any atom is -0.482 e. The van der Waals surface area contributed by atoms with E-state index in [0.717, 1.165) is 0 Å². The Balaban J connectivity index is 1.63. The number of carbonyl (C=O) groups is 3. The van der Waals surface area contributed by atoms with Gasteiger partial charge >= 0.3 is 0 Å². The van der Waals surface area contributed by atoms with Crippen LogP contribution in [0.2, 0.25) is 0 Å². The highest BCUT2D eigenvalue weighted by Gasteiger charge is 2.29. The average molecular weight is 430 g/mol. The van der Waals surface area contributed by atoms with Gasteiger partial charge in [-0.3, -0.25) is 14.4 Å². The maximum atomic E-state index is 13.3. The first-order valence-electron chi connectivity index (χ1n) is 9.16. The Morgan fingerprint density at radius 1 is 1.20 bits per heavy atom. The van der Waals surface area contributed by atoms with Crippen molar-refractivity contribution in [3.8, 4) is 5.75 Å². The number of nitrogens with one attached hydrogen (secondary N) is 3. The molecule has 0 radical (unpaired) electrons. The second-order valence-electron chi connectivity index (χ2n) is 6.91. The van der Waals surface area contributed by atoms with Crippen LogP contribution in [0, 0.1) is 5.82 Å². The van der Waals surface area contributed by atoms with E-state index < -0.39 is 17.6 Å². The molecule has 2 aliphatic rings. The molecule has 2 aromatic carbocycles. The molecule has 9 heteroatoms. The lowest BCUT2D eigenvalue weighted by Crippen LogP contribution is -2.32. The smallest absolute Gasteiger partial charge is 0.262 e. The number of anilines is 2. The molecule has 0 saturated carbocycles. The number of alkyl halides is 1. The number of hydrogen-bond acceptors (Lipinski definition) is 4. The van der Waals surface area contributed by atoms with Crippen LogP contribution in [-0.4, -0.2) is 24.3 Å². The normalized spacial score (nSPS) is 17.8. The van der Waals surface area contributed by atoms with Gasteiger partial charge in [0.2, 0.25) is 5.91 Å². The number of hydrogen-bond donors (Lipinski definition) is 3. The van der Waals surface area contributed by atoms with Gasteiger partial charge in [0.05, 0.1) is 5.69 Å². The zero-order chi connectivity index (χ0) is 21.3. The Labute approximate surface area is 176 Å². The molecular formula is C21H17ClFN3O4. The highest BCUT2D eigenvalue weighted by atomic mass is 35.5. The molecule has 3 N–H and O–H groups in total. The van der Waals surface area contributed by atoms with Gasteiger partial charge in [-0.2, -0.15) is 0 Å². The molecule has 0 fully saturated rings. The number of carbonyl (C=O) groups excluding carboxylic acids is 3. The lowest BCUT2D eigenvalue weighted by Gasteiger charge is -2.25. The lowest BCUT2D eigenvalue weighted by molar-refractivity contribution is -0.121. The Hall–Kier alpha value is -3.39. The SMILES string of the molecule is O=C1C[C@@H](c2ccc(F)cc2)C(C(=O)Nc2cc3c(cc2CCl)OCC(=O)N3)=CN1. The van der Waals surface area contributed by atoms with Gasteiger partial charge in [0, 0.05) is 35.7 Å². The molecule has 30 heavy (non-hydrogen) atoms. The summed E-state index contributed by atoms with van der Waals surface area (Å²) >= 11 is 6.03. The Bertz CT molecular complexity index is 1070. The van der Waals surface area contributed by atoms with Crippen molar-refractivity contribution in [3.05, 3.63) is 65.1 Å². The number of rotatable bonds is 4. The van der Waals surface area contributed by atoms with E-state index in [0.29, 0.717) is 33.8 Å². The van der Waals surface area contributed by atoms with E-state index in [1.54, 1.807) is 24.3 Å². The van der Waals surface area contributed by atoms with Crippen LogP contribution in [0.1, 0.15) is 23.5 Å². The Morgan fingerprint density at radius 3 is 2.70 bits per heavy atom.